The molecule has 2 rings (SSSR count). The zero-order valence-corrected chi connectivity index (χ0v) is 12.3. The lowest BCUT2D eigenvalue weighted by atomic mass is 9.97. The Morgan fingerprint density at radius 1 is 1.45 bits per heavy atom. The molecule has 1 unspecified atom stereocenters. The van der Waals surface area contributed by atoms with Crippen LogP contribution in [0.3, 0.4) is 0 Å². The number of rotatable bonds is 5. The van der Waals surface area contributed by atoms with Crippen molar-refractivity contribution in [3.63, 3.8) is 0 Å². The Bertz CT molecular complexity index is 442. The van der Waals surface area contributed by atoms with Crippen molar-refractivity contribution in [1.82, 2.24) is 10.6 Å². The number of nitrogens with one attached hydrogen (secondary N) is 2. The summed E-state index contributed by atoms with van der Waals surface area (Å²) in [5, 5.41) is 6.26. The molecule has 0 radical (unpaired) electrons. The molecular formula is C16H24N2O2. The van der Waals surface area contributed by atoms with E-state index in [2.05, 4.69) is 10.6 Å². The first-order chi connectivity index (χ1) is 9.65. The van der Waals surface area contributed by atoms with Gasteiger partial charge in [0.15, 0.2) is 0 Å². The largest absolute Gasteiger partial charge is 0.489 e. The van der Waals surface area contributed by atoms with Gasteiger partial charge in [-0.2, -0.15) is 0 Å². The lowest BCUT2D eigenvalue weighted by molar-refractivity contribution is -0.126. The second-order valence-electron chi connectivity index (χ2n) is 5.51. The van der Waals surface area contributed by atoms with Crippen LogP contribution in [0.1, 0.15) is 25.3 Å². The van der Waals surface area contributed by atoms with Gasteiger partial charge in [-0.3, -0.25) is 4.79 Å². The van der Waals surface area contributed by atoms with Crippen molar-refractivity contribution in [3.8, 4) is 5.75 Å². The Balaban J connectivity index is 1.74. The predicted octanol–water partition coefficient (Wildman–Crippen LogP) is 1.88. The van der Waals surface area contributed by atoms with Crippen molar-refractivity contribution >= 4 is 5.91 Å². The van der Waals surface area contributed by atoms with Crippen molar-refractivity contribution in [2.24, 2.45) is 5.92 Å². The van der Waals surface area contributed by atoms with Gasteiger partial charge in [-0.25, -0.2) is 0 Å². The zero-order chi connectivity index (χ0) is 14.4. The van der Waals surface area contributed by atoms with Gasteiger partial charge in [-0.05, 0) is 57.5 Å². The summed E-state index contributed by atoms with van der Waals surface area (Å²) in [6.07, 6.45) is 1.83. The number of hydrogen-bond acceptors (Lipinski definition) is 3. The standard InChI is InChI=1S/C16H24N2O2/c1-12-4-3-5-15(10-12)20-13(2)11-18-16(19)14-6-8-17-9-7-14/h3-5,10,13-14,17H,6-9,11H2,1-2H3,(H,18,19). The van der Waals surface area contributed by atoms with Crippen LogP contribution in [-0.2, 0) is 4.79 Å². The van der Waals surface area contributed by atoms with Crippen LogP contribution in [0, 0.1) is 12.8 Å². The van der Waals surface area contributed by atoms with E-state index in [1.54, 1.807) is 0 Å². The Kier molecular flexibility index (Phi) is 5.41. The number of ether oxygens (including phenoxy) is 1. The van der Waals surface area contributed by atoms with Gasteiger partial charge < -0.3 is 15.4 Å². The maximum absolute atomic E-state index is 12.0. The van der Waals surface area contributed by atoms with E-state index in [1.807, 2.05) is 38.1 Å². The molecule has 0 bridgehead atoms. The lowest BCUT2D eigenvalue weighted by Gasteiger charge is -2.23. The second-order valence-corrected chi connectivity index (χ2v) is 5.51. The molecule has 1 atom stereocenters. The van der Waals surface area contributed by atoms with Crippen molar-refractivity contribution < 1.29 is 9.53 Å². The molecule has 1 aliphatic rings. The monoisotopic (exact) mass is 276 g/mol. The van der Waals surface area contributed by atoms with Gasteiger partial charge in [0, 0.05) is 5.92 Å². The first-order valence-corrected chi connectivity index (χ1v) is 7.37. The molecule has 1 fully saturated rings. The molecule has 1 aromatic carbocycles. The molecule has 2 N–H and O–H groups in total. The number of benzene rings is 1. The normalized spacial score (nSPS) is 17.5. The molecule has 4 heteroatoms. The van der Waals surface area contributed by atoms with E-state index in [4.69, 9.17) is 4.74 Å². The van der Waals surface area contributed by atoms with Crippen LogP contribution in [-0.4, -0.2) is 31.6 Å². The van der Waals surface area contributed by atoms with Gasteiger partial charge >= 0.3 is 0 Å². The first-order valence-electron chi connectivity index (χ1n) is 7.37. The van der Waals surface area contributed by atoms with E-state index < -0.39 is 0 Å². The van der Waals surface area contributed by atoms with E-state index in [0.717, 1.165) is 31.7 Å². The highest BCUT2D eigenvalue weighted by atomic mass is 16.5. The molecule has 20 heavy (non-hydrogen) atoms. The van der Waals surface area contributed by atoms with E-state index in [0.29, 0.717) is 6.54 Å². The summed E-state index contributed by atoms with van der Waals surface area (Å²) < 4.78 is 5.81. The molecule has 1 aromatic rings. The van der Waals surface area contributed by atoms with Crippen LogP contribution in [0.4, 0.5) is 0 Å². The molecule has 1 aliphatic heterocycles. The van der Waals surface area contributed by atoms with Gasteiger partial charge in [-0.15, -0.1) is 0 Å². The van der Waals surface area contributed by atoms with Gasteiger partial charge in [0.05, 0.1) is 6.54 Å². The maximum Gasteiger partial charge on any atom is 0.223 e. The minimum atomic E-state index is -0.0255. The van der Waals surface area contributed by atoms with Gasteiger partial charge in [0.1, 0.15) is 11.9 Å². The molecule has 0 aromatic heterocycles. The van der Waals surface area contributed by atoms with Crippen LogP contribution >= 0.6 is 0 Å². The molecular weight excluding hydrogens is 252 g/mol. The van der Waals surface area contributed by atoms with Crippen molar-refractivity contribution in [2.75, 3.05) is 19.6 Å². The van der Waals surface area contributed by atoms with Crippen molar-refractivity contribution in [1.29, 1.82) is 0 Å². The summed E-state index contributed by atoms with van der Waals surface area (Å²) in [6.45, 7) is 6.44. The van der Waals surface area contributed by atoms with Crippen molar-refractivity contribution in [3.05, 3.63) is 29.8 Å². The average Bonchev–Trinajstić information content (AvgIpc) is 2.46. The fraction of sp³-hybridized carbons (Fsp3) is 0.562. The van der Waals surface area contributed by atoms with Crippen LogP contribution in [0.15, 0.2) is 24.3 Å². The molecule has 1 heterocycles. The number of carbonyl (C=O) groups is 1. The highest BCUT2D eigenvalue weighted by Crippen LogP contribution is 2.14. The fourth-order valence-electron chi connectivity index (χ4n) is 2.44. The first kappa shape index (κ1) is 14.9. The topological polar surface area (TPSA) is 50.4 Å². The fourth-order valence-corrected chi connectivity index (χ4v) is 2.44. The number of carbonyl (C=O) groups excluding carboxylic acids is 1. The number of hydrogen-bond donors (Lipinski definition) is 2. The van der Waals surface area contributed by atoms with Gasteiger partial charge in [0.2, 0.25) is 5.91 Å². The third-order valence-electron chi connectivity index (χ3n) is 3.60. The summed E-state index contributed by atoms with van der Waals surface area (Å²) in [5.41, 5.74) is 1.17. The van der Waals surface area contributed by atoms with Crippen molar-refractivity contribution in [2.45, 2.75) is 32.8 Å². The van der Waals surface area contributed by atoms with Crippen LogP contribution in [0.2, 0.25) is 0 Å². The summed E-state index contributed by atoms with van der Waals surface area (Å²) in [5.74, 6) is 1.17. The Morgan fingerprint density at radius 2 is 2.20 bits per heavy atom. The van der Waals surface area contributed by atoms with Crippen LogP contribution in [0.25, 0.3) is 0 Å². The summed E-state index contributed by atoms with van der Waals surface area (Å²) in [7, 11) is 0. The minimum Gasteiger partial charge on any atom is -0.489 e. The molecule has 0 spiro atoms. The highest BCUT2D eigenvalue weighted by molar-refractivity contribution is 5.78. The van der Waals surface area contributed by atoms with Crippen LogP contribution < -0.4 is 15.4 Å². The zero-order valence-electron chi connectivity index (χ0n) is 12.3. The number of amides is 1. The van der Waals surface area contributed by atoms with E-state index in [-0.39, 0.29) is 17.9 Å². The number of piperidine rings is 1. The highest BCUT2D eigenvalue weighted by Gasteiger charge is 2.21. The van der Waals surface area contributed by atoms with Gasteiger partial charge in [-0.1, -0.05) is 12.1 Å². The summed E-state index contributed by atoms with van der Waals surface area (Å²) >= 11 is 0. The Morgan fingerprint density at radius 3 is 2.90 bits per heavy atom. The Labute approximate surface area is 120 Å². The third kappa shape index (κ3) is 4.53. The molecule has 0 aliphatic carbocycles. The molecule has 1 saturated heterocycles. The lowest BCUT2D eigenvalue weighted by Crippen LogP contribution is -2.41. The van der Waals surface area contributed by atoms with Gasteiger partial charge in [0.25, 0.3) is 0 Å². The third-order valence-corrected chi connectivity index (χ3v) is 3.60. The quantitative estimate of drug-likeness (QED) is 0.863. The minimum absolute atomic E-state index is 0.0255. The molecule has 4 nitrogen and oxygen atoms in total. The SMILES string of the molecule is Cc1cccc(OC(C)CNC(=O)C2CCNCC2)c1. The summed E-state index contributed by atoms with van der Waals surface area (Å²) in [4.78, 5) is 12.0. The van der Waals surface area contributed by atoms with Crippen LogP contribution in [0.5, 0.6) is 5.75 Å². The molecule has 0 saturated carbocycles. The molecule has 110 valence electrons. The summed E-state index contributed by atoms with van der Waals surface area (Å²) in [6, 6.07) is 7.96. The number of aryl methyl sites for hydroxylation is 1. The molecule has 1 amide bonds. The Hall–Kier alpha value is -1.55. The maximum atomic E-state index is 12.0. The van der Waals surface area contributed by atoms with E-state index in [1.165, 1.54) is 5.56 Å². The predicted molar refractivity (Wildman–Crippen MR) is 79.9 cm³/mol. The smallest absolute Gasteiger partial charge is 0.223 e. The van der Waals surface area contributed by atoms with E-state index >= 15 is 0 Å². The van der Waals surface area contributed by atoms with E-state index in [9.17, 15) is 4.79 Å². The average molecular weight is 276 g/mol. The second kappa shape index (κ2) is 7.29.